The lowest BCUT2D eigenvalue weighted by atomic mass is 9.87. The number of hydrogen-bond donors (Lipinski definition) is 12. The van der Waals surface area contributed by atoms with Crippen molar-refractivity contribution in [3.05, 3.63) is 199 Å². The second-order valence-electron chi connectivity index (χ2n) is 32.7. The van der Waals surface area contributed by atoms with Crippen LogP contribution >= 0.6 is 0 Å². The SMILES string of the molecule is CC(=O)OC[C@]1(O)CO[C@@H](Oc2c3c(c(-c4ccc5c(c4)OCO5)c4cc(CO)c(CO)cc24)C(=O)OC3)C1O.CC(=O)Oc1c2c(c(-c3ccc4c(c3)OCO4)c3cc(CO)c(CO)cc13)C(=O)OC2.O=C1OCc2c1c(-c1ccc3c(c1)OCO3)c1c3c(ccc1c2O)OCO3.O=C1OCc2c1c(-c1ccc3c(c1)OCO3)c1cc(CO)c(CO)cc1c2O[C@@H]1OC[C@@](O)(CO)C1O. The Bertz CT molecular complexity index is 7020. The maximum Gasteiger partial charge on any atom is 0.339 e. The third kappa shape index (κ3) is 15.2. The summed E-state index contributed by atoms with van der Waals surface area (Å²) in [7, 11) is 0. The first-order valence-electron chi connectivity index (χ1n) is 42.1. The zero-order valence-corrected chi connectivity index (χ0v) is 71.3. The Morgan fingerprint density at radius 1 is 0.348 bits per heavy atom. The minimum atomic E-state index is -1.92. The molecule has 11 aliphatic rings. The molecule has 12 N–H and O–H groups in total. The van der Waals surface area contributed by atoms with E-state index in [0.717, 1.165) is 5.56 Å². The lowest BCUT2D eigenvalue weighted by Crippen LogP contribution is -2.49. The molecule has 11 aliphatic heterocycles. The summed E-state index contributed by atoms with van der Waals surface area (Å²) in [5.41, 5.74) is 6.51. The zero-order valence-electron chi connectivity index (χ0n) is 71.3. The number of aliphatic hydroxyl groups is 11. The lowest BCUT2D eigenvalue weighted by molar-refractivity contribution is -0.156. The number of phenols is 1. The molecule has 0 spiro atoms. The number of benzene rings is 12. The topological polar surface area (TPSA) is 530 Å². The molecule has 0 amide bonds. The van der Waals surface area contributed by atoms with E-state index in [-0.39, 0.29) is 147 Å². The van der Waals surface area contributed by atoms with Gasteiger partial charge in [-0.05, 0) is 169 Å². The molecule has 135 heavy (non-hydrogen) atoms. The van der Waals surface area contributed by atoms with Crippen LogP contribution in [0.15, 0.2) is 121 Å². The minimum absolute atomic E-state index is 0.0219. The van der Waals surface area contributed by atoms with Crippen LogP contribution in [0.5, 0.6) is 80.5 Å². The molecule has 0 saturated carbocycles. The quantitative estimate of drug-likeness (QED) is 0.0219. The van der Waals surface area contributed by atoms with E-state index in [2.05, 4.69) is 0 Å². The summed E-state index contributed by atoms with van der Waals surface area (Å²) in [5.74, 6) is 2.71. The third-order valence-electron chi connectivity index (χ3n) is 24.9. The molecule has 0 aromatic heterocycles. The van der Waals surface area contributed by atoms with Crippen LogP contribution in [-0.4, -0.2) is 193 Å². The summed E-state index contributed by atoms with van der Waals surface area (Å²) in [6.07, 6.45) is -5.94. The molecule has 696 valence electrons. The van der Waals surface area contributed by atoms with Gasteiger partial charge >= 0.3 is 35.8 Å². The second-order valence-corrected chi connectivity index (χ2v) is 32.7. The zero-order chi connectivity index (χ0) is 93.9. The fourth-order valence-corrected chi connectivity index (χ4v) is 18.2. The van der Waals surface area contributed by atoms with Crippen LogP contribution in [0.25, 0.3) is 87.6 Å². The van der Waals surface area contributed by atoms with Crippen LogP contribution < -0.4 is 61.6 Å². The van der Waals surface area contributed by atoms with Gasteiger partial charge in [0.2, 0.25) is 46.5 Å². The van der Waals surface area contributed by atoms with Gasteiger partial charge in [-0.25, -0.2) is 19.2 Å². The largest absolute Gasteiger partial charge is 0.507 e. The Labute approximate surface area is 760 Å². The molecule has 38 nitrogen and oxygen atoms in total. The van der Waals surface area contributed by atoms with Crippen molar-refractivity contribution in [1.82, 2.24) is 0 Å². The van der Waals surface area contributed by atoms with Gasteiger partial charge < -0.3 is 156 Å². The van der Waals surface area contributed by atoms with Crippen molar-refractivity contribution in [2.75, 3.05) is 60.4 Å². The molecule has 2 fully saturated rings. The molecule has 0 radical (unpaired) electrons. The molecule has 0 bridgehead atoms. The van der Waals surface area contributed by atoms with E-state index in [1.54, 1.807) is 109 Å². The number of cyclic esters (lactones) is 4. The number of hydrogen-bond acceptors (Lipinski definition) is 38. The van der Waals surface area contributed by atoms with Gasteiger partial charge in [-0.3, -0.25) is 9.59 Å². The van der Waals surface area contributed by atoms with E-state index < -0.39 is 85.0 Å². The van der Waals surface area contributed by atoms with E-state index >= 15 is 0 Å². The minimum Gasteiger partial charge on any atom is -0.507 e. The lowest BCUT2D eigenvalue weighted by Gasteiger charge is -2.26. The van der Waals surface area contributed by atoms with Gasteiger partial charge in [-0.1, -0.05) is 24.3 Å². The standard InChI is InChI=1S/C28H26O12.C26H24O11.C23H18O8.C20H12O7/c1-13(31)36-10-28(34)11-37-27(25(28)32)40-24-18-5-16(8-30)15(7-29)4-17(18)22(23-19(24)9-35-26(23)33)14-2-3-20-21(6-14)39-12-38-20;27-6-13-3-15-16(4-14(13)7-28)22(37-25-23(30)26(32,9-29)10-34-25)17-8-33-24(31)21(17)20(15)12-1-2-18-19(5-12)36-11-35-18;1-11(26)31-22-16-5-14(8-25)13(7-24)4-15(16)20(21-17(22)9-28-23(21)27)12-2-3-18-19(6-12)30-10-29-18;21-18-10-2-4-13-19(27-8-25-13)16(10)15(17-11(18)6-23-20(17)22)9-1-3-12-14(5-9)26-7-24-12/h2-6,25,27,29-30,32,34H,7-12H2,1H3;1-5,23,25,27-30,32H,6-11H2;2-6,24-25H,7-10H2,1H3;1-5,21H,6-8H2/t25?,27-,28-;23?,25-,26-;;/m00../s1. The predicted octanol–water partition coefficient (Wildman–Crippen LogP) is 8.15. The van der Waals surface area contributed by atoms with E-state index in [1.165, 1.54) is 13.8 Å². The number of phenolic OH excluding ortho intramolecular Hbond substituents is 1. The summed E-state index contributed by atoms with van der Waals surface area (Å²) in [4.78, 5) is 74.5. The normalized spacial score (nSPS) is 19.7. The maximum absolute atomic E-state index is 13.1. The Morgan fingerprint density at radius 2 is 0.667 bits per heavy atom. The second kappa shape index (κ2) is 35.1. The van der Waals surface area contributed by atoms with E-state index in [9.17, 15) is 90.0 Å². The highest BCUT2D eigenvalue weighted by molar-refractivity contribution is 6.18. The molecule has 11 heterocycles. The Kier molecular flexibility index (Phi) is 22.9. The van der Waals surface area contributed by atoms with Crippen molar-refractivity contribution in [2.45, 2.75) is 116 Å². The molecule has 38 heteroatoms. The van der Waals surface area contributed by atoms with E-state index in [4.69, 9.17) is 94.7 Å². The van der Waals surface area contributed by atoms with Gasteiger partial charge in [0, 0.05) is 85.3 Å². The average Bonchev–Trinajstić information content (AvgIpc) is 1.65. The maximum atomic E-state index is 13.1. The molecular weight excluding hydrogens is 1770 g/mol. The van der Waals surface area contributed by atoms with Crippen LogP contribution in [0, 0.1) is 0 Å². The summed E-state index contributed by atoms with van der Waals surface area (Å²) >= 11 is 0. The molecule has 6 atom stereocenters. The number of carbonyl (C=O) groups excluding carboxylic acids is 6. The number of fused-ring (bicyclic) bond motifs is 14. The van der Waals surface area contributed by atoms with Crippen LogP contribution in [0.1, 0.15) is 111 Å². The van der Waals surface area contributed by atoms with E-state index in [1.807, 2.05) is 12.1 Å². The summed E-state index contributed by atoms with van der Waals surface area (Å²) < 4.78 is 110. The predicted molar refractivity (Wildman–Crippen MR) is 460 cm³/mol. The van der Waals surface area contributed by atoms with Crippen molar-refractivity contribution >= 4 is 78.9 Å². The highest BCUT2D eigenvalue weighted by atomic mass is 16.7. The molecule has 0 aliphatic carbocycles. The number of rotatable bonds is 18. The Balaban J connectivity index is 0.000000113. The fourth-order valence-electron chi connectivity index (χ4n) is 18.2. The Morgan fingerprint density at radius 3 is 1.04 bits per heavy atom. The summed E-state index contributed by atoms with van der Waals surface area (Å²) in [5, 5.41) is 127. The van der Waals surface area contributed by atoms with Crippen LogP contribution in [0.3, 0.4) is 0 Å². The number of aromatic hydroxyl groups is 1. The van der Waals surface area contributed by atoms with Crippen molar-refractivity contribution in [3.63, 3.8) is 0 Å². The van der Waals surface area contributed by atoms with Crippen molar-refractivity contribution in [2.24, 2.45) is 0 Å². The summed E-state index contributed by atoms with van der Waals surface area (Å²) in [6.45, 7) is -1.47. The van der Waals surface area contributed by atoms with Crippen molar-refractivity contribution in [3.8, 4) is 125 Å². The third-order valence-corrected chi connectivity index (χ3v) is 24.9. The number of ether oxygens (including phenoxy) is 20. The van der Waals surface area contributed by atoms with Crippen LogP contribution in [-0.2, 0) is 109 Å². The number of carbonyl (C=O) groups is 6. The molecule has 12 aromatic carbocycles. The Hall–Kier alpha value is -14.6. The number of aliphatic hydroxyl groups excluding tert-OH is 9. The van der Waals surface area contributed by atoms with Gasteiger partial charge in [0.1, 0.15) is 67.7 Å². The van der Waals surface area contributed by atoms with Crippen LogP contribution in [0.4, 0.5) is 0 Å². The molecule has 12 aromatic rings. The van der Waals surface area contributed by atoms with Gasteiger partial charge in [0.05, 0.1) is 81.7 Å². The highest BCUT2D eigenvalue weighted by Crippen LogP contribution is 2.56. The fraction of sp³-hybridized carbons (Fsp3) is 0.278. The first kappa shape index (κ1) is 88.3. The van der Waals surface area contributed by atoms with Gasteiger partial charge in [0.15, 0.2) is 69.2 Å². The number of esters is 6. The van der Waals surface area contributed by atoms with Gasteiger partial charge in [0.25, 0.3) is 0 Å². The van der Waals surface area contributed by atoms with Gasteiger partial charge in [-0.2, -0.15) is 0 Å². The van der Waals surface area contributed by atoms with Crippen molar-refractivity contribution in [1.29, 1.82) is 0 Å². The van der Waals surface area contributed by atoms with Gasteiger partial charge in [-0.15, -0.1) is 0 Å². The molecule has 2 unspecified atom stereocenters. The highest BCUT2D eigenvalue weighted by Gasteiger charge is 2.53. The first-order valence-corrected chi connectivity index (χ1v) is 42.1. The van der Waals surface area contributed by atoms with Crippen molar-refractivity contribution < 1.29 is 185 Å². The monoisotopic (exact) mass is 1850 g/mol. The summed E-state index contributed by atoms with van der Waals surface area (Å²) in [6, 6.07) is 34.7. The molecule has 2 saturated heterocycles. The molecular formula is C97H80O38. The molecule has 23 rings (SSSR count). The smallest absolute Gasteiger partial charge is 0.339 e. The van der Waals surface area contributed by atoms with E-state index in [0.29, 0.717) is 206 Å². The first-order chi connectivity index (χ1) is 65.3. The average molecular weight is 1850 g/mol. The van der Waals surface area contributed by atoms with Crippen LogP contribution in [0.2, 0.25) is 0 Å².